The molecule has 0 fully saturated rings. The summed E-state index contributed by atoms with van der Waals surface area (Å²) in [5.74, 6) is -1.00. The van der Waals surface area contributed by atoms with Crippen LogP contribution in [-0.2, 0) is 9.53 Å². The third-order valence-electron chi connectivity index (χ3n) is 1.32. The number of ether oxygens (including phenoxy) is 1. The average molecular weight is 143 g/mol. The van der Waals surface area contributed by atoms with Crippen molar-refractivity contribution in [2.24, 2.45) is 5.73 Å². The first-order chi connectivity index (χ1) is 4.72. The van der Waals surface area contributed by atoms with Crippen molar-refractivity contribution in [3.63, 3.8) is 0 Å². The topological polar surface area (TPSA) is 72.5 Å². The summed E-state index contributed by atoms with van der Waals surface area (Å²) < 4.78 is 4.84. The monoisotopic (exact) mass is 143 g/mol. The molecule has 0 aromatic heterocycles. The Hall–Kier alpha value is -0.870. The van der Waals surface area contributed by atoms with Gasteiger partial charge in [-0.25, -0.2) is 4.79 Å². The number of hydrogen-bond acceptors (Lipinski definition) is 3. The van der Waals surface area contributed by atoms with E-state index < -0.39 is 18.1 Å². The zero-order chi connectivity index (χ0) is 7.56. The number of carbonyl (C=O) groups is 1. The molecule has 0 saturated carbocycles. The average Bonchev–Trinajstić information content (AvgIpc) is 1.88. The highest BCUT2D eigenvalue weighted by Gasteiger charge is 2.25. The largest absolute Gasteiger partial charge is 0.479 e. The second-order valence-electron chi connectivity index (χ2n) is 2.10. The summed E-state index contributed by atoms with van der Waals surface area (Å²) in [5.41, 5.74) is 5.39. The van der Waals surface area contributed by atoms with Gasteiger partial charge in [-0.3, -0.25) is 0 Å². The number of nitrogens with two attached hydrogens (primary N) is 1. The van der Waals surface area contributed by atoms with Crippen molar-refractivity contribution in [3.05, 3.63) is 12.2 Å². The SMILES string of the molecule is N[C@H]1C=CCO[C@H]1C(=O)O. The Morgan fingerprint density at radius 3 is 2.90 bits per heavy atom. The van der Waals surface area contributed by atoms with Gasteiger partial charge in [0.1, 0.15) is 0 Å². The number of rotatable bonds is 1. The molecule has 1 heterocycles. The molecular formula is C6H9NO3. The fourth-order valence-electron chi connectivity index (χ4n) is 0.820. The molecule has 0 radical (unpaired) electrons. The summed E-state index contributed by atoms with van der Waals surface area (Å²) in [5, 5.41) is 8.47. The van der Waals surface area contributed by atoms with Crippen molar-refractivity contribution in [1.82, 2.24) is 0 Å². The lowest BCUT2D eigenvalue weighted by Crippen LogP contribution is -2.43. The molecule has 56 valence electrons. The van der Waals surface area contributed by atoms with Crippen LogP contribution < -0.4 is 5.73 Å². The van der Waals surface area contributed by atoms with Crippen molar-refractivity contribution in [3.8, 4) is 0 Å². The molecule has 3 N–H and O–H groups in total. The first kappa shape index (κ1) is 7.24. The van der Waals surface area contributed by atoms with Crippen LogP contribution in [0.5, 0.6) is 0 Å². The lowest BCUT2D eigenvalue weighted by Gasteiger charge is -2.20. The Morgan fingerprint density at radius 2 is 2.50 bits per heavy atom. The summed E-state index contributed by atoms with van der Waals surface area (Å²) in [6.45, 7) is 0.338. The predicted octanol–water partition coefficient (Wildman–Crippen LogP) is -0.647. The fourth-order valence-corrected chi connectivity index (χ4v) is 0.820. The van der Waals surface area contributed by atoms with Crippen molar-refractivity contribution in [2.45, 2.75) is 12.1 Å². The van der Waals surface area contributed by atoms with Gasteiger partial charge in [0.25, 0.3) is 0 Å². The Bertz CT molecular complexity index is 166. The molecule has 4 heteroatoms. The Balaban J connectivity index is 2.60. The van der Waals surface area contributed by atoms with E-state index >= 15 is 0 Å². The molecule has 0 aliphatic carbocycles. The smallest absolute Gasteiger partial charge is 0.334 e. The third-order valence-corrected chi connectivity index (χ3v) is 1.32. The van der Waals surface area contributed by atoms with E-state index in [1.54, 1.807) is 12.2 Å². The van der Waals surface area contributed by atoms with E-state index in [0.717, 1.165) is 0 Å². The van der Waals surface area contributed by atoms with Crippen LogP contribution in [0.3, 0.4) is 0 Å². The van der Waals surface area contributed by atoms with Crippen LogP contribution in [0.15, 0.2) is 12.2 Å². The predicted molar refractivity (Wildman–Crippen MR) is 34.5 cm³/mol. The lowest BCUT2D eigenvalue weighted by molar-refractivity contribution is -0.150. The molecule has 0 unspecified atom stereocenters. The van der Waals surface area contributed by atoms with Gasteiger partial charge < -0.3 is 15.6 Å². The minimum absolute atomic E-state index is 0.338. The molecule has 1 rings (SSSR count). The molecule has 4 nitrogen and oxygen atoms in total. The molecule has 0 saturated heterocycles. The van der Waals surface area contributed by atoms with Crippen molar-refractivity contribution >= 4 is 5.97 Å². The Kier molecular flexibility index (Phi) is 2.03. The molecule has 0 spiro atoms. The van der Waals surface area contributed by atoms with Gasteiger partial charge in [-0.1, -0.05) is 12.2 Å². The molecule has 0 amide bonds. The van der Waals surface area contributed by atoms with Crippen LogP contribution >= 0.6 is 0 Å². The number of aliphatic carboxylic acids is 1. The van der Waals surface area contributed by atoms with Gasteiger partial charge in [0, 0.05) is 0 Å². The van der Waals surface area contributed by atoms with Gasteiger partial charge in [-0.15, -0.1) is 0 Å². The van der Waals surface area contributed by atoms with Crippen LogP contribution in [0.4, 0.5) is 0 Å². The van der Waals surface area contributed by atoms with Crippen LogP contribution in [-0.4, -0.2) is 29.8 Å². The molecule has 1 aliphatic rings. The molecule has 1 aliphatic heterocycles. The van der Waals surface area contributed by atoms with Crippen LogP contribution in [0.25, 0.3) is 0 Å². The first-order valence-electron chi connectivity index (χ1n) is 2.98. The van der Waals surface area contributed by atoms with Crippen molar-refractivity contribution < 1.29 is 14.6 Å². The minimum Gasteiger partial charge on any atom is -0.479 e. The zero-order valence-corrected chi connectivity index (χ0v) is 5.36. The van der Waals surface area contributed by atoms with E-state index in [1.165, 1.54) is 0 Å². The van der Waals surface area contributed by atoms with Crippen molar-refractivity contribution in [2.75, 3.05) is 6.61 Å². The fraction of sp³-hybridized carbons (Fsp3) is 0.500. The minimum atomic E-state index is -1.00. The zero-order valence-electron chi connectivity index (χ0n) is 5.36. The highest BCUT2D eigenvalue weighted by molar-refractivity contribution is 5.73. The van der Waals surface area contributed by atoms with E-state index in [1.807, 2.05) is 0 Å². The molecule has 0 bridgehead atoms. The van der Waals surface area contributed by atoms with E-state index in [-0.39, 0.29) is 0 Å². The third kappa shape index (κ3) is 1.34. The maximum absolute atomic E-state index is 10.3. The summed E-state index contributed by atoms with van der Waals surface area (Å²) in [4.78, 5) is 10.3. The maximum atomic E-state index is 10.3. The van der Waals surface area contributed by atoms with E-state index in [9.17, 15) is 4.79 Å². The van der Waals surface area contributed by atoms with Crippen molar-refractivity contribution in [1.29, 1.82) is 0 Å². The Labute approximate surface area is 58.3 Å². The highest BCUT2D eigenvalue weighted by atomic mass is 16.5. The molecule has 10 heavy (non-hydrogen) atoms. The number of hydrogen-bond donors (Lipinski definition) is 2. The summed E-state index contributed by atoms with van der Waals surface area (Å²) in [7, 11) is 0. The maximum Gasteiger partial charge on any atom is 0.334 e. The normalized spacial score (nSPS) is 32.1. The van der Waals surface area contributed by atoms with Crippen LogP contribution in [0, 0.1) is 0 Å². The van der Waals surface area contributed by atoms with E-state index in [4.69, 9.17) is 15.6 Å². The number of carboxylic acid groups (broad SMARTS) is 1. The van der Waals surface area contributed by atoms with E-state index in [0.29, 0.717) is 6.61 Å². The second-order valence-corrected chi connectivity index (χ2v) is 2.10. The molecule has 2 atom stereocenters. The van der Waals surface area contributed by atoms with Crippen LogP contribution in [0.2, 0.25) is 0 Å². The summed E-state index contributed by atoms with van der Waals surface area (Å²) in [6, 6.07) is -0.508. The van der Waals surface area contributed by atoms with Gasteiger partial charge in [0.2, 0.25) is 0 Å². The quantitative estimate of drug-likeness (QED) is 0.478. The lowest BCUT2D eigenvalue weighted by atomic mass is 10.1. The van der Waals surface area contributed by atoms with Gasteiger partial charge in [0.15, 0.2) is 6.10 Å². The highest BCUT2D eigenvalue weighted by Crippen LogP contribution is 2.04. The van der Waals surface area contributed by atoms with Gasteiger partial charge >= 0.3 is 5.97 Å². The molecule has 0 aromatic carbocycles. The van der Waals surface area contributed by atoms with Gasteiger partial charge in [0.05, 0.1) is 12.6 Å². The standard InChI is InChI=1S/C6H9NO3/c7-4-2-1-3-10-5(4)6(8)9/h1-2,4-5H,3,7H2,(H,8,9)/t4-,5+/m0/s1. The van der Waals surface area contributed by atoms with E-state index in [2.05, 4.69) is 0 Å². The second kappa shape index (κ2) is 2.81. The van der Waals surface area contributed by atoms with Gasteiger partial charge in [-0.05, 0) is 0 Å². The first-order valence-corrected chi connectivity index (χ1v) is 2.98. The number of carboxylic acids is 1. The summed E-state index contributed by atoms with van der Waals surface area (Å²) in [6.07, 6.45) is 2.48. The Morgan fingerprint density at radius 1 is 1.80 bits per heavy atom. The molecule has 0 aromatic rings. The summed E-state index contributed by atoms with van der Waals surface area (Å²) >= 11 is 0. The molecular weight excluding hydrogens is 134 g/mol. The van der Waals surface area contributed by atoms with Crippen LogP contribution in [0.1, 0.15) is 0 Å². The van der Waals surface area contributed by atoms with Gasteiger partial charge in [-0.2, -0.15) is 0 Å².